The van der Waals surface area contributed by atoms with E-state index in [-0.39, 0.29) is 5.91 Å². The standard InChI is InChI=1S/C24H19N3O2/c28-24(22-6-3-13-25-16-22)27-26-15-18-8-11-23(12-9-18)29-17-19-7-10-20-4-1-2-5-21(20)14-19/h1-16H,17H2,(H,27,28)/b26-15-. The van der Waals surface area contributed by atoms with Gasteiger partial charge in [-0.05, 0) is 64.4 Å². The molecule has 1 aromatic heterocycles. The average molecular weight is 381 g/mol. The Kier molecular flexibility index (Phi) is 5.58. The Hall–Kier alpha value is -3.99. The summed E-state index contributed by atoms with van der Waals surface area (Å²) < 4.78 is 5.88. The van der Waals surface area contributed by atoms with Crippen molar-refractivity contribution in [3.8, 4) is 5.75 Å². The Morgan fingerprint density at radius 3 is 2.59 bits per heavy atom. The third kappa shape index (κ3) is 4.84. The van der Waals surface area contributed by atoms with Crippen LogP contribution in [0.15, 0.2) is 96.4 Å². The van der Waals surface area contributed by atoms with Gasteiger partial charge < -0.3 is 4.74 Å². The van der Waals surface area contributed by atoms with E-state index in [2.05, 4.69) is 45.8 Å². The number of nitrogens with zero attached hydrogens (tertiary/aromatic N) is 2. The summed E-state index contributed by atoms with van der Waals surface area (Å²) in [5.74, 6) is 0.472. The molecule has 0 saturated carbocycles. The van der Waals surface area contributed by atoms with Gasteiger partial charge in [0, 0.05) is 12.4 Å². The number of amides is 1. The van der Waals surface area contributed by atoms with E-state index in [0.29, 0.717) is 12.2 Å². The largest absolute Gasteiger partial charge is 0.489 e. The molecule has 29 heavy (non-hydrogen) atoms. The van der Waals surface area contributed by atoms with E-state index in [9.17, 15) is 4.79 Å². The van der Waals surface area contributed by atoms with Crippen molar-refractivity contribution < 1.29 is 9.53 Å². The van der Waals surface area contributed by atoms with Crippen LogP contribution < -0.4 is 10.2 Å². The van der Waals surface area contributed by atoms with Crippen molar-refractivity contribution in [3.63, 3.8) is 0 Å². The molecule has 0 aliphatic heterocycles. The highest BCUT2D eigenvalue weighted by molar-refractivity contribution is 5.94. The molecule has 0 atom stereocenters. The number of aromatic nitrogens is 1. The van der Waals surface area contributed by atoms with Crippen molar-refractivity contribution in [2.75, 3.05) is 0 Å². The zero-order valence-electron chi connectivity index (χ0n) is 15.7. The molecule has 0 bridgehead atoms. The van der Waals surface area contributed by atoms with Crippen LogP contribution in [0.5, 0.6) is 5.75 Å². The molecule has 0 fully saturated rings. The van der Waals surface area contributed by atoms with Crippen LogP contribution in [0.1, 0.15) is 21.5 Å². The summed E-state index contributed by atoms with van der Waals surface area (Å²) in [4.78, 5) is 15.8. The normalized spacial score (nSPS) is 10.9. The minimum Gasteiger partial charge on any atom is -0.489 e. The molecule has 142 valence electrons. The molecule has 0 radical (unpaired) electrons. The number of pyridine rings is 1. The molecule has 0 spiro atoms. The maximum atomic E-state index is 11.9. The number of nitrogens with one attached hydrogen (secondary N) is 1. The fourth-order valence-electron chi connectivity index (χ4n) is 2.87. The first-order chi connectivity index (χ1) is 14.3. The van der Waals surface area contributed by atoms with Gasteiger partial charge in [0.2, 0.25) is 0 Å². The zero-order chi connectivity index (χ0) is 19.9. The summed E-state index contributed by atoms with van der Waals surface area (Å²) in [5, 5.41) is 6.40. The van der Waals surface area contributed by atoms with Crippen molar-refractivity contribution in [2.45, 2.75) is 6.61 Å². The maximum Gasteiger partial charge on any atom is 0.272 e. The van der Waals surface area contributed by atoms with Gasteiger partial charge in [-0.1, -0.05) is 36.4 Å². The summed E-state index contributed by atoms with van der Waals surface area (Å²) >= 11 is 0. The minimum absolute atomic E-state index is 0.301. The smallest absolute Gasteiger partial charge is 0.272 e. The molecule has 4 rings (SSSR count). The van der Waals surface area contributed by atoms with E-state index < -0.39 is 0 Å². The number of hydrogen-bond donors (Lipinski definition) is 1. The Morgan fingerprint density at radius 1 is 0.966 bits per heavy atom. The summed E-state index contributed by atoms with van der Waals surface area (Å²) in [6.45, 7) is 0.499. The fourth-order valence-corrected chi connectivity index (χ4v) is 2.87. The first-order valence-corrected chi connectivity index (χ1v) is 9.22. The van der Waals surface area contributed by atoms with Crippen LogP contribution in [-0.2, 0) is 6.61 Å². The van der Waals surface area contributed by atoms with E-state index in [0.717, 1.165) is 16.9 Å². The molecule has 5 heteroatoms. The highest BCUT2D eigenvalue weighted by Crippen LogP contribution is 2.18. The highest BCUT2D eigenvalue weighted by Gasteiger charge is 2.02. The number of carbonyl (C=O) groups excluding carboxylic acids is 1. The van der Waals surface area contributed by atoms with Gasteiger partial charge in [-0.25, -0.2) is 5.43 Å². The predicted molar refractivity (Wildman–Crippen MR) is 114 cm³/mol. The van der Waals surface area contributed by atoms with E-state index in [1.807, 2.05) is 36.4 Å². The molecule has 0 unspecified atom stereocenters. The lowest BCUT2D eigenvalue weighted by molar-refractivity contribution is 0.0955. The van der Waals surface area contributed by atoms with Crippen LogP contribution in [0.2, 0.25) is 0 Å². The fraction of sp³-hybridized carbons (Fsp3) is 0.0417. The van der Waals surface area contributed by atoms with Crippen molar-refractivity contribution in [2.24, 2.45) is 5.10 Å². The molecule has 0 saturated heterocycles. The molecular weight excluding hydrogens is 362 g/mol. The van der Waals surface area contributed by atoms with Gasteiger partial charge in [0.05, 0.1) is 11.8 Å². The molecule has 1 amide bonds. The quantitative estimate of drug-likeness (QED) is 0.393. The summed E-state index contributed by atoms with van der Waals surface area (Å²) in [5.41, 5.74) is 4.92. The third-order valence-corrected chi connectivity index (χ3v) is 4.40. The van der Waals surface area contributed by atoms with Crippen molar-refractivity contribution >= 4 is 22.9 Å². The summed E-state index contributed by atoms with van der Waals surface area (Å²) in [6, 6.07) is 25.5. The Morgan fingerprint density at radius 2 is 1.79 bits per heavy atom. The number of fused-ring (bicyclic) bond motifs is 1. The Balaban J connectivity index is 1.32. The number of carbonyl (C=O) groups is 1. The first-order valence-electron chi connectivity index (χ1n) is 9.22. The second kappa shape index (κ2) is 8.80. The van der Waals surface area contributed by atoms with Crippen LogP contribution in [0.25, 0.3) is 10.8 Å². The maximum absolute atomic E-state index is 11.9. The number of benzene rings is 3. The van der Waals surface area contributed by atoms with Gasteiger partial charge in [0.15, 0.2) is 0 Å². The molecule has 3 aromatic carbocycles. The van der Waals surface area contributed by atoms with Crippen LogP contribution in [0.3, 0.4) is 0 Å². The van der Waals surface area contributed by atoms with E-state index in [4.69, 9.17) is 4.74 Å². The Bertz CT molecular complexity index is 1140. The van der Waals surface area contributed by atoms with Gasteiger partial charge in [-0.2, -0.15) is 5.10 Å². The number of hydrazone groups is 1. The molecule has 1 heterocycles. The van der Waals surface area contributed by atoms with Crippen LogP contribution in [0.4, 0.5) is 0 Å². The van der Waals surface area contributed by atoms with Gasteiger partial charge >= 0.3 is 0 Å². The third-order valence-electron chi connectivity index (χ3n) is 4.40. The SMILES string of the molecule is O=C(N/N=C\c1ccc(OCc2ccc3ccccc3c2)cc1)c1cccnc1. The molecule has 5 nitrogen and oxygen atoms in total. The molecular formula is C24H19N3O2. The van der Waals surface area contributed by atoms with Gasteiger partial charge in [0.25, 0.3) is 5.91 Å². The summed E-state index contributed by atoms with van der Waals surface area (Å²) in [6.07, 6.45) is 4.69. The zero-order valence-corrected chi connectivity index (χ0v) is 15.7. The highest BCUT2D eigenvalue weighted by atomic mass is 16.5. The van der Waals surface area contributed by atoms with E-state index in [1.165, 1.54) is 17.0 Å². The lowest BCUT2D eigenvalue weighted by atomic mass is 10.1. The minimum atomic E-state index is -0.301. The van der Waals surface area contributed by atoms with Gasteiger partial charge in [-0.3, -0.25) is 9.78 Å². The number of rotatable bonds is 6. The second-order valence-electron chi connectivity index (χ2n) is 6.48. The Labute approximate surface area is 168 Å². The molecule has 4 aromatic rings. The lowest BCUT2D eigenvalue weighted by Gasteiger charge is -2.07. The van der Waals surface area contributed by atoms with Gasteiger partial charge in [0.1, 0.15) is 12.4 Å². The number of hydrogen-bond acceptors (Lipinski definition) is 4. The van der Waals surface area contributed by atoms with Crippen LogP contribution in [0, 0.1) is 0 Å². The second-order valence-corrected chi connectivity index (χ2v) is 6.48. The van der Waals surface area contributed by atoms with Crippen molar-refractivity contribution in [3.05, 3.63) is 108 Å². The van der Waals surface area contributed by atoms with E-state index in [1.54, 1.807) is 24.5 Å². The topological polar surface area (TPSA) is 63.6 Å². The van der Waals surface area contributed by atoms with E-state index >= 15 is 0 Å². The van der Waals surface area contributed by atoms with Crippen LogP contribution >= 0.6 is 0 Å². The molecule has 0 aliphatic rings. The lowest BCUT2D eigenvalue weighted by Crippen LogP contribution is -2.17. The molecule has 1 N–H and O–H groups in total. The average Bonchev–Trinajstić information content (AvgIpc) is 2.79. The van der Waals surface area contributed by atoms with Crippen molar-refractivity contribution in [1.82, 2.24) is 10.4 Å². The molecule has 0 aliphatic carbocycles. The summed E-state index contributed by atoms with van der Waals surface area (Å²) in [7, 11) is 0. The number of ether oxygens (including phenoxy) is 1. The van der Waals surface area contributed by atoms with Crippen molar-refractivity contribution in [1.29, 1.82) is 0 Å². The van der Waals surface area contributed by atoms with Gasteiger partial charge in [-0.15, -0.1) is 0 Å². The van der Waals surface area contributed by atoms with Crippen LogP contribution in [-0.4, -0.2) is 17.1 Å². The predicted octanol–water partition coefficient (Wildman–Crippen LogP) is 4.58. The monoisotopic (exact) mass is 381 g/mol. The first kappa shape index (κ1) is 18.4.